The number of carbonyl (C=O) groups excluding carboxylic acids is 1. The minimum Gasteiger partial charge on any atom is -0.363 e. The van der Waals surface area contributed by atoms with Crippen molar-refractivity contribution in [1.82, 2.24) is 34.3 Å². The molecule has 25 heavy (non-hydrogen) atoms. The normalized spacial score (nSPS) is 22.6. The zero-order chi connectivity index (χ0) is 17.0. The SMILES string of the molecule is O=C(c1cnc2cccnn12)N1CCC2(C1)Cn1c(n[nH]c1=O)CO2. The van der Waals surface area contributed by atoms with Crippen molar-refractivity contribution in [3.8, 4) is 0 Å². The highest BCUT2D eigenvalue weighted by atomic mass is 16.5. The second-order valence-corrected chi connectivity index (χ2v) is 6.42. The Morgan fingerprint density at radius 3 is 3.20 bits per heavy atom. The van der Waals surface area contributed by atoms with Gasteiger partial charge in [-0.3, -0.25) is 9.36 Å². The fraction of sp³-hybridized carbons (Fsp3) is 0.400. The first-order valence-electron chi connectivity index (χ1n) is 8.01. The molecule has 10 nitrogen and oxygen atoms in total. The van der Waals surface area contributed by atoms with Crippen molar-refractivity contribution < 1.29 is 9.53 Å². The molecule has 5 rings (SSSR count). The molecule has 0 saturated carbocycles. The molecule has 1 spiro atoms. The molecule has 1 unspecified atom stereocenters. The van der Waals surface area contributed by atoms with Gasteiger partial charge in [-0.25, -0.2) is 19.4 Å². The summed E-state index contributed by atoms with van der Waals surface area (Å²) < 4.78 is 9.10. The number of fused-ring (bicyclic) bond motifs is 2. The summed E-state index contributed by atoms with van der Waals surface area (Å²) in [4.78, 5) is 30.7. The van der Waals surface area contributed by atoms with Gasteiger partial charge < -0.3 is 9.64 Å². The standard InChI is InChI=1S/C15H15N7O3/c23-13(10-6-16-11-2-1-4-17-22(10)11)20-5-3-15(8-20)9-21-12(7-25-15)18-19-14(21)24/h1-2,4,6H,3,5,7-9H2,(H,19,24). The number of hydrogen-bond acceptors (Lipinski definition) is 6. The van der Waals surface area contributed by atoms with Gasteiger partial charge in [0.2, 0.25) is 0 Å². The van der Waals surface area contributed by atoms with Gasteiger partial charge in [0.25, 0.3) is 5.91 Å². The molecule has 0 radical (unpaired) electrons. The fourth-order valence-electron chi connectivity index (χ4n) is 3.58. The van der Waals surface area contributed by atoms with Crippen LogP contribution >= 0.6 is 0 Å². The van der Waals surface area contributed by atoms with E-state index in [0.717, 1.165) is 0 Å². The van der Waals surface area contributed by atoms with E-state index in [-0.39, 0.29) is 18.2 Å². The van der Waals surface area contributed by atoms with Gasteiger partial charge in [-0.1, -0.05) is 0 Å². The molecule has 1 N–H and O–H groups in total. The monoisotopic (exact) mass is 341 g/mol. The van der Waals surface area contributed by atoms with Crippen LogP contribution in [-0.2, 0) is 17.9 Å². The highest BCUT2D eigenvalue weighted by molar-refractivity contribution is 5.93. The number of aromatic nitrogens is 6. The minimum absolute atomic E-state index is 0.142. The highest BCUT2D eigenvalue weighted by Crippen LogP contribution is 2.31. The van der Waals surface area contributed by atoms with Crippen molar-refractivity contribution in [2.24, 2.45) is 0 Å². The van der Waals surface area contributed by atoms with E-state index in [0.29, 0.717) is 43.2 Å². The maximum Gasteiger partial charge on any atom is 0.343 e. The zero-order valence-corrected chi connectivity index (χ0v) is 13.3. The summed E-state index contributed by atoms with van der Waals surface area (Å²) in [5, 5.41) is 10.6. The summed E-state index contributed by atoms with van der Waals surface area (Å²) in [5.74, 6) is 0.448. The highest BCUT2D eigenvalue weighted by Gasteiger charge is 2.45. The Morgan fingerprint density at radius 1 is 1.36 bits per heavy atom. The van der Waals surface area contributed by atoms with Gasteiger partial charge in [0.15, 0.2) is 17.2 Å². The summed E-state index contributed by atoms with van der Waals surface area (Å²) in [5.41, 5.74) is 0.255. The van der Waals surface area contributed by atoms with Crippen LogP contribution in [0.2, 0.25) is 0 Å². The summed E-state index contributed by atoms with van der Waals surface area (Å²) >= 11 is 0. The molecular formula is C15H15N7O3. The van der Waals surface area contributed by atoms with Crippen LogP contribution in [0.3, 0.4) is 0 Å². The van der Waals surface area contributed by atoms with Gasteiger partial charge >= 0.3 is 5.69 Å². The van der Waals surface area contributed by atoms with Crippen LogP contribution in [-0.4, -0.2) is 58.9 Å². The Morgan fingerprint density at radius 2 is 2.28 bits per heavy atom. The fourth-order valence-corrected chi connectivity index (χ4v) is 3.58. The number of nitrogens with zero attached hydrogens (tertiary/aromatic N) is 6. The van der Waals surface area contributed by atoms with Gasteiger partial charge in [-0.15, -0.1) is 0 Å². The quantitative estimate of drug-likeness (QED) is 0.635. The summed E-state index contributed by atoms with van der Waals surface area (Å²) in [7, 11) is 0. The van der Waals surface area contributed by atoms with Crippen LogP contribution in [0.15, 0.2) is 29.3 Å². The predicted octanol–water partition coefficient (Wildman–Crippen LogP) is -0.571. The molecule has 1 saturated heterocycles. The average Bonchev–Trinajstić information content (AvgIpc) is 3.33. The molecule has 10 heteroatoms. The largest absolute Gasteiger partial charge is 0.363 e. The van der Waals surface area contributed by atoms with Crippen molar-refractivity contribution in [3.05, 3.63) is 46.5 Å². The van der Waals surface area contributed by atoms with Crippen LogP contribution in [0.25, 0.3) is 5.65 Å². The molecular weight excluding hydrogens is 326 g/mol. The Kier molecular flexibility index (Phi) is 2.86. The van der Waals surface area contributed by atoms with Crippen molar-refractivity contribution in [2.75, 3.05) is 13.1 Å². The second kappa shape index (κ2) is 4.99. The summed E-state index contributed by atoms with van der Waals surface area (Å²) in [6.07, 6.45) is 3.82. The van der Waals surface area contributed by atoms with Crippen LogP contribution in [0.4, 0.5) is 0 Å². The lowest BCUT2D eigenvalue weighted by atomic mass is 10.0. The summed E-state index contributed by atoms with van der Waals surface area (Å²) in [6.45, 7) is 1.63. The van der Waals surface area contributed by atoms with Crippen LogP contribution in [0.5, 0.6) is 0 Å². The predicted molar refractivity (Wildman–Crippen MR) is 83.9 cm³/mol. The molecule has 128 valence electrons. The van der Waals surface area contributed by atoms with E-state index in [9.17, 15) is 9.59 Å². The number of rotatable bonds is 1. The Hall–Kier alpha value is -3.01. The third kappa shape index (κ3) is 2.10. The molecule has 2 aliphatic heterocycles. The van der Waals surface area contributed by atoms with E-state index >= 15 is 0 Å². The average molecular weight is 341 g/mol. The lowest BCUT2D eigenvalue weighted by Gasteiger charge is -2.33. The van der Waals surface area contributed by atoms with Crippen LogP contribution in [0, 0.1) is 0 Å². The van der Waals surface area contributed by atoms with E-state index in [1.54, 1.807) is 27.8 Å². The maximum absolute atomic E-state index is 12.9. The van der Waals surface area contributed by atoms with Crippen molar-refractivity contribution in [1.29, 1.82) is 0 Å². The van der Waals surface area contributed by atoms with E-state index < -0.39 is 5.60 Å². The Balaban J connectivity index is 1.42. The van der Waals surface area contributed by atoms with E-state index in [2.05, 4.69) is 20.3 Å². The number of nitrogens with one attached hydrogen (secondary N) is 1. The molecule has 1 amide bonds. The lowest BCUT2D eigenvalue weighted by Crippen LogP contribution is -2.47. The van der Waals surface area contributed by atoms with Gasteiger partial charge in [0.1, 0.15) is 12.2 Å². The van der Waals surface area contributed by atoms with Gasteiger partial charge in [0.05, 0.1) is 19.3 Å². The van der Waals surface area contributed by atoms with Crippen LogP contribution in [0.1, 0.15) is 22.7 Å². The topological polar surface area (TPSA) is 110 Å². The molecule has 5 heterocycles. The Labute approximate surface area is 141 Å². The number of H-pyrrole nitrogens is 1. The maximum atomic E-state index is 12.9. The van der Waals surface area contributed by atoms with Crippen LogP contribution < -0.4 is 5.69 Å². The van der Waals surface area contributed by atoms with Gasteiger partial charge in [-0.2, -0.15) is 10.2 Å². The zero-order valence-electron chi connectivity index (χ0n) is 13.3. The molecule has 0 bridgehead atoms. The molecule has 0 aliphatic carbocycles. The molecule has 3 aromatic rings. The first-order chi connectivity index (χ1) is 12.2. The molecule has 0 aromatic carbocycles. The first kappa shape index (κ1) is 14.3. The smallest absolute Gasteiger partial charge is 0.343 e. The molecule has 1 atom stereocenters. The third-order valence-electron chi connectivity index (χ3n) is 4.89. The van der Waals surface area contributed by atoms with E-state index in [1.165, 1.54) is 10.7 Å². The Bertz CT molecular complexity index is 1040. The number of amides is 1. The van der Waals surface area contributed by atoms with Crippen molar-refractivity contribution in [2.45, 2.75) is 25.2 Å². The van der Waals surface area contributed by atoms with E-state index in [4.69, 9.17) is 4.74 Å². The van der Waals surface area contributed by atoms with Crippen molar-refractivity contribution in [3.63, 3.8) is 0 Å². The number of imidazole rings is 1. The second-order valence-electron chi connectivity index (χ2n) is 6.42. The number of hydrogen-bond donors (Lipinski definition) is 1. The first-order valence-corrected chi connectivity index (χ1v) is 8.01. The van der Waals surface area contributed by atoms with Crippen molar-refractivity contribution >= 4 is 11.6 Å². The molecule has 1 fully saturated rings. The molecule has 3 aromatic heterocycles. The van der Waals surface area contributed by atoms with E-state index in [1.807, 2.05) is 0 Å². The minimum atomic E-state index is -0.551. The lowest BCUT2D eigenvalue weighted by molar-refractivity contribution is -0.0816. The van der Waals surface area contributed by atoms with Gasteiger partial charge in [0, 0.05) is 12.7 Å². The molecule has 2 aliphatic rings. The number of likely N-dealkylation sites (tertiary alicyclic amines) is 1. The number of carbonyl (C=O) groups is 1. The summed E-state index contributed by atoms with van der Waals surface area (Å²) in [6, 6.07) is 3.57. The number of aromatic amines is 1. The van der Waals surface area contributed by atoms with Gasteiger partial charge in [-0.05, 0) is 18.6 Å². The third-order valence-corrected chi connectivity index (χ3v) is 4.89. The number of ether oxygens (including phenoxy) is 1.